The Morgan fingerprint density at radius 3 is 2.89 bits per heavy atom. The van der Waals surface area contributed by atoms with Crippen LogP contribution >= 0.6 is 0 Å². The standard InChI is InChI=1S/C14H24N4O/c1-10(2)13-8-12(16-17(13)4)14(19)18-7-5-6-11(18)9-15-3/h8,10-11,15H,5-7,9H2,1-4H3/t11-/m0/s1. The number of likely N-dealkylation sites (N-methyl/N-ethyl adjacent to an activating group) is 1. The van der Waals surface area contributed by atoms with E-state index in [0.717, 1.165) is 31.6 Å². The van der Waals surface area contributed by atoms with Gasteiger partial charge in [0, 0.05) is 31.9 Å². The lowest BCUT2D eigenvalue weighted by molar-refractivity contribution is 0.0730. The molecule has 19 heavy (non-hydrogen) atoms. The molecule has 106 valence electrons. The molecule has 1 aromatic rings. The molecule has 0 unspecified atom stereocenters. The average molecular weight is 264 g/mol. The van der Waals surface area contributed by atoms with Crippen LogP contribution < -0.4 is 5.32 Å². The Bertz CT molecular complexity index is 452. The zero-order valence-electron chi connectivity index (χ0n) is 12.3. The summed E-state index contributed by atoms with van der Waals surface area (Å²) >= 11 is 0. The number of aryl methyl sites for hydroxylation is 1. The predicted octanol–water partition coefficient (Wildman–Crippen LogP) is 1.37. The van der Waals surface area contributed by atoms with E-state index in [-0.39, 0.29) is 5.91 Å². The molecule has 1 N–H and O–H groups in total. The lowest BCUT2D eigenvalue weighted by atomic mass is 10.1. The van der Waals surface area contributed by atoms with E-state index in [9.17, 15) is 4.79 Å². The summed E-state index contributed by atoms with van der Waals surface area (Å²) in [6.07, 6.45) is 2.17. The zero-order chi connectivity index (χ0) is 14.0. The van der Waals surface area contributed by atoms with Gasteiger partial charge in [-0.05, 0) is 31.9 Å². The van der Waals surface area contributed by atoms with Crippen molar-refractivity contribution in [3.63, 3.8) is 0 Å². The molecule has 0 aliphatic carbocycles. The van der Waals surface area contributed by atoms with Crippen LogP contribution in [0.3, 0.4) is 0 Å². The molecule has 1 aliphatic heterocycles. The first-order chi connectivity index (χ1) is 9.04. The highest BCUT2D eigenvalue weighted by Gasteiger charge is 2.30. The number of carbonyl (C=O) groups is 1. The van der Waals surface area contributed by atoms with Crippen LogP contribution in [-0.2, 0) is 7.05 Å². The van der Waals surface area contributed by atoms with Crippen LogP contribution in [0, 0.1) is 0 Å². The van der Waals surface area contributed by atoms with Gasteiger partial charge in [-0.1, -0.05) is 13.8 Å². The number of carbonyl (C=O) groups excluding carboxylic acids is 1. The molecule has 1 aliphatic rings. The van der Waals surface area contributed by atoms with E-state index in [1.54, 1.807) is 0 Å². The molecular weight excluding hydrogens is 240 g/mol. The molecule has 2 rings (SSSR count). The summed E-state index contributed by atoms with van der Waals surface area (Å²) in [6, 6.07) is 2.24. The normalized spacial score (nSPS) is 19.4. The zero-order valence-corrected chi connectivity index (χ0v) is 12.3. The quantitative estimate of drug-likeness (QED) is 0.893. The summed E-state index contributed by atoms with van der Waals surface area (Å²) in [4.78, 5) is 14.5. The molecule has 0 spiro atoms. The first-order valence-corrected chi connectivity index (χ1v) is 7.04. The minimum atomic E-state index is 0.0697. The number of amides is 1. The number of nitrogens with zero attached hydrogens (tertiary/aromatic N) is 3. The second kappa shape index (κ2) is 5.74. The van der Waals surface area contributed by atoms with Crippen molar-refractivity contribution >= 4 is 5.91 Å². The molecule has 2 heterocycles. The molecule has 0 saturated carbocycles. The Balaban J connectivity index is 2.17. The molecule has 0 aromatic carbocycles. The monoisotopic (exact) mass is 264 g/mol. The largest absolute Gasteiger partial charge is 0.333 e. The molecule has 5 nitrogen and oxygen atoms in total. The molecule has 1 fully saturated rings. The Morgan fingerprint density at radius 1 is 1.58 bits per heavy atom. The van der Waals surface area contributed by atoms with Crippen molar-refractivity contribution in [3.8, 4) is 0 Å². The van der Waals surface area contributed by atoms with Gasteiger partial charge in [-0.15, -0.1) is 0 Å². The smallest absolute Gasteiger partial charge is 0.274 e. The maximum absolute atomic E-state index is 12.5. The highest BCUT2D eigenvalue weighted by atomic mass is 16.2. The van der Waals surface area contributed by atoms with Crippen LogP contribution in [0.1, 0.15) is 48.8 Å². The van der Waals surface area contributed by atoms with Gasteiger partial charge in [0.05, 0.1) is 0 Å². The topological polar surface area (TPSA) is 50.2 Å². The second-order valence-corrected chi connectivity index (χ2v) is 5.59. The number of rotatable bonds is 4. The van der Waals surface area contributed by atoms with Crippen LogP contribution in [-0.4, -0.2) is 46.8 Å². The predicted molar refractivity (Wildman–Crippen MR) is 75.3 cm³/mol. The molecule has 1 amide bonds. The molecule has 1 atom stereocenters. The fraction of sp³-hybridized carbons (Fsp3) is 0.714. The van der Waals surface area contributed by atoms with E-state index in [2.05, 4.69) is 24.3 Å². The Hall–Kier alpha value is -1.36. The minimum absolute atomic E-state index is 0.0697. The van der Waals surface area contributed by atoms with Gasteiger partial charge in [-0.3, -0.25) is 9.48 Å². The summed E-state index contributed by atoms with van der Waals surface area (Å²) < 4.78 is 1.82. The third-order valence-corrected chi connectivity index (χ3v) is 3.80. The van der Waals surface area contributed by atoms with Crippen molar-refractivity contribution in [1.29, 1.82) is 0 Å². The Kier molecular flexibility index (Phi) is 4.24. The third-order valence-electron chi connectivity index (χ3n) is 3.80. The summed E-state index contributed by atoms with van der Waals surface area (Å²) in [6.45, 7) is 5.93. The van der Waals surface area contributed by atoms with Gasteiger partial charge in [0.1, 0.15) is 0 Å². The van der Waals surface area contributed by atoms with Crippen LogP contribution in [0.2, 0.25) is 0 Å². The third kappa shape index (κ3) is 2.81. The fourth-order valence-corrected chi connectivity index (χ4v) is 2.82. The molecule has 5 heteroatoms. The Labute approximate surface area is 115 Å². The van der Waals surface area contributed by atoms with E-state index in [4.69, 9.17) is 0 Å². The van der Waals surface area contributed by atoms with Gasteiger partial charge < -0.3 is 10.2 Å². The molecule has 0 bridgehead atoms. The highest BCUT2D eigenvalue weighted by Crippen LogP contribution is 2.21. The fourth-order valence-electron chi connectivity index (χ4n) is 2.82. The van der Waals surface area contributed by atoms with Gasteiger partial charge in [-0.25, -0.2) is 0 Å². The number of aromatic nitrogens is 2. The number of hydrogen-bond donors (Lipinski definition) is 1. The summed E-state index contributed by atoms with van der Waals surface area (Å²) in [5, 5.41) is 7.54. The lowest BCUT2D eigenvalue weighted by Gasteiger charge is -2.23. The second-order valence-electron chi connectivity index (χ2n) is 5.59. The van der Waals surface area contributed by atoms with Crippen LogP contribution in [0.15, 0.2) is 6.07 Å². The molecule has 1 saturated heterocycles. The minimum Gasteiger partial charge on any atom is -0.333 e. The highest BCUT2D eigenvalue weighted by molar-refractivity contribution is 5.92. The van der Waals surface area contributed by atoms with Gasteiger partial charge >= 0.3 is 0 Å². The van der Waals surface area contributed by atoms with Crippen LogP contribution in [0.4, 0.5) is 0 Å². The number of nitrogens with one attached hydrogen (secondary N) is 1. The van der Waals surface area contributed by atoms with Gasteiger partial charge in [0.25, 0.3) is 5.91 Å². The van der Waals surface area contributed by atoms with Crippen molar-refractivity contribution in [2.75, 3.05) is 20.1 Å². The van der Waals surface area contributed by atoms with Crippen LogP contribution in [0.5, 0.6) is 0 Å². The molecular formula is C14H24N4O. The van der Waals surface area contributed by atoms with Gasteiger partial charge in [0.2, 0.25) is 0 Å². The van der Waals surface area contributed by atoms with Gasteiger partial charge in [0.15, 0.2) is 5.69 Å². The maximum atomic E-state index is 12.5. The van der Waals surface area contributed by atoms with Crippen molar-refractivity contribution < 1.29 is 4.79 Å². The maximum Gasteiger partial charge on any atom is 0.274 e. The lowest BCUT2D eigenvalue weighted by Crippen LogP contribution is -2.41. The number of hydrogen-bond acceptors (Lipinski definition) is 3. The summed E-state index contributed by atoms with van der Waals surface area (Å²) in [7, 11) is 3.83. The van der Waals surface area contributed by atoms with E-state index in [0.29, 0.717) is 17.7 Å². The van der Waals surface area contributed by atoms with E-state index in [1.807, 2.05) is 29.7 Å². The van der Waals surface area contributed by atoms with Crippen molar-refractivity contribution in [2.45, 2.75) is 38.6 Å². The summed E-state index contributed by atoms with van der Waals surface area (Å²) in [5.41, 5.74) is 1.68. The Morgan fingerprint density at radius 2 is 2.32 bits per heavy atom. The summed E-state index contributed by atoms with van der Waals surface area (Å²) in [5.74, 6) is 0.450. The van der Waals surface area contributed by atoms with Crippen molar-refractivity contribution in [2.24, 2.45) is 7.05 Å². The van der Waals surface area contributed by atoms with E-state index >= 15 is 0 Å². The van der Waals surface area contributed by atoms with Crippen LogP contribution in [0.25, 0.3) is 0 Å². The first-order valence-electron chi connectivity index (χ1n) is 7.04. The SMILES string of the molecule is CNC[C@@H]1CCCN1C(=O)c1cc(C(C)C)n(C)n1. The number of likely N-dealkylation sites (tertiary alicyclic amines) is 1. The molecule has 0 radical (unpaired) electrons. The molecule has 1 aromatic heterocycles. The van der Waals surface area contributed by atoms with E-state index < -0.39 is 0 Å². The van der Waals surface area contributed by atoms with Crippen molar-refractivity contribution in [1.82, 2.24) is 20.0 Å². The van der Waals surface area contributed by atoms with Gasteiger partial charge in [-0.2, -0.15) is 5.10 Å². The first kappa shape index (κ1) is 14.1. The van der Waals surface area contributed by atoms with E-state index in [1.165, 1.54) is 0 Å². The van der Waals surface area contributed by atoms with Crippen molar-refractivity contribution in [3.05, 3.63) is 17.5 Å². The average Bonchev–Trinajstić information content (AvgIpc) is 2.95.